The second-order valence-electron chi connectivity index (χ2n) is 4.17. The summed E-state index contributed by atoms with van der Waals surface area (Å²) in [6.45, 7) is 3.44. The first kappa shape index (κ1) is 11.5. The zero-order valence-corrected chi connectivity index (χ0v) is 10.9. The predicted molar refractivity (Wildman–Crippen MR) is 68.7 cm³/mol. The van der Waals surface area contributed by atoms with Gasteiger partial charge in [-0.1, -0.05) is 0 Å². The zero-order valence-electron chi connectivity index (χ0n) is 10.0. The molecule has 2 aromatic rings. The van der Waals surface area contributed by atoms with Gasteiger partial charge < -0.3 is 4.90 Å². The van der Waals surface area contributed by atoms with Crippen molar-refractivity contribution >= 4 is 23.4 Å². The van der Waals surface area contributed by atoms with Gasteiger partial charge in [0.15, 0.2) is 0 Å². The van der Waals surface area contributed by atoms with Crippen molar-refractivity contribution < 1.29 is 4.79 Å². The number of aromatic nitrogens is 4. The number of nitrogens with zero attached hydrogens (tertiary/aromatic N) is 5. The van der Waals surface area contributed by atoms with Gasteiger partial charge in [-0.25, -0.2) is 4.98 Å². The highest BCUT2D eigenvalue weighted by atomic mass is 32.2. The molecule has 1 fully saturated rings. The highest BCUT2D eigenvalue weighted by Gasteiger charge is 2.23. The van der Waals surface area contributed by atoms with E-state index in [1.165, 1.54) is 0 Å². The fraction of sp³-hybridized carbons (Fsp3) is 0.455. The van der Waals surface area contributed by atoms with Gasteiger partial charge in [-0.3, -0.25) is 9.20 Å². The van der Waals surface area contributed by atoms with Crippen LogP contribution in [0, 0.1) is 6.92 Å². The van der Waals surface area contributed by atoms with E-state index in [1.54, 1.807) is 10.6 Å². The molecule has 0 N–H and O–H groups in total. The topological polar surface area (TPSA) is 63.4 Å². The van der Waals surface area contributed by atoms with Crippen molar-refractivity contribution in [2.45, 2.75) is 6.92 Å². The molecule has 94 valence electrons. The molecule has 18 heavy (non-hydrogen) atoms. The van der Waals surface area contributed by atoms with Crippen molar-refractivity contribution in [3.05, 3.63) is 23.8 Å². The number of aryl methyl sites for hydroxylation is 1. The van der Waals surface area contributed by atoms with Crippen LogP contribution in [0.1, 0.15) is 16.3 Å². The molecule has 1 amide bonds. The molecule has 0 aromatic carbocycles. The number of carbonyl (C=O) groups excluding carboxylic acids is 1. The van der Waals surface area contributed by atoms with Crippen molar-refractivity contribution in [1.82, 2.24) is 24.5 Å². The molecule has 3 heterocycles. The van der Waals surface area contributed by atoms with Gasteiger partial charge in [0.2, 0.25) is 5.82 Å². The largest absolute Gasteiger partial charge is 0.334 e. The van der Waals surface area contributed by atoms with E-state index in [-0.39, 0.29) is 5.91 Å². The molecule has 6 nitrogen and oxygen atoms in total. The van der Waals surface area contributed by atoms with Crippen molar-refractivity contribution in [2.75, 3.05) is 24.6 Å². The Kier molecular flexibility index (Phi) is 2.91. The minimum Gasteiger partial charge on any atom is -0.334 e. The Balaban J connectivity index is 1.96. The summed E-state index contributed by atoms with van der Waals surface area (Å²) < 4.78 is 1.65. The summed E-state index contributed by atoms with van der Waals surface area (Å²) in [5.41, 5.74) is 0.864. The summed E-state index contributed by atoms with van der Waals surface area (Å²) in [4.78, 5) is 18.4. The average Bonchev–Trinajstić information content (AvgIpc) is 2.81. The van der Waals surface area contributed by atoms with Crippen LogP contribution in [-0.4, -0.2) is 55.0 Å². The van der Waals surface area contributed by atoms with Gasteiger partial charge in [0, 0.05) is 36.5 Å². The van der Waals surface area contributed by atoms with Gasteiger partial charge in [-0.2, -0.15) is 11.8 Å². The zero-order chi connectivity index (χ0) is 12.5. The highest BCUT2D eigenvalue weighted by molar-refractivity contribution is 7.99. The minimum absolute atomic E-state index is 0.0616. The van der Waals surface area contributed by atoms with E-state index in [4.69, 9.17) is 0 Å². The summed E-state index contributed by atoms with van der Waals surface area (Å²) in [6.07, 6.45) is 1.80. The maximum absolute atomic E-state index is 12.3. The van der Waals surface area contributed by atoms with Crippen LogP contribution in [0.5, 0.6) is 0 Å². The van der Waals surface area contributed by atoms with Crippen LogP contribution in [0.3, 0.4) is 0 Å². The van der Waals surface area contributed by atoms with E-state index in [1.807, 2.05) is 29.7 Å². The van der Waals surface area contributed by atoms with E-state index >= 15 is 0 Å². The molecular weight excluding hydrogens is 250 g/mol. The number of fused-ring (bicyclic) bond motifs is 1. The van der Waals surface area contributed by atoms with Crippen LogP contribution in [0.15, 0.2) is 12.3 Å². The summed E-state index contributed by atoms with van der Waals surface area (Å²) in [6, 6.07) is 1.85. The Morgan fingerprint density at radius 2 is 2.11 bits per heavy atom. The number of rotatable bonds is 1. The van der Waals surface area contributed by atoms with Crippen LogP contribution in [0.4, 0.5) is 0 Å². The number of amides is 1. The van der Waals surface area contributed by atoms with Crippen molar-refractivity contribution in [1.29, 1.82) is 0 Å². The lowest BCUT2D eigenvalue weighted by Gasteiger charge is -2.25. The molecule has 1 saturated heterocycles. The average molecular weight is 263 g/mol. The highest BCUT2D eigenvalue weighted by Crippen LogP contribution is 2.12. The molecular formula is C11H13N5OS. The monoisotopic (exact) mass is 263 g/mol. The Hall–Kier alpha value is -1.63. The number of thioether (sulfide) groups is 1. The third-order valence-electron chi connectivity index (χ3n) is 2.91. The number of carbonyl (C=O) groups is 1. The summed E-state index contributed by atoms with van der Waals surface area (Å²) in [5.74, 6) is 2.74. The van der Waals surface area contributed by atoms with Crippen molar-refractivity contribution in [2.24, 2.45) is 0 Å². The van der Waals surface area contributed by atoms with E-state index in [0.717, 1.165) is 30.3 Å². The smallest absolute Gasteiger partial charge is 0.292 e. The van der Waals surface area contributed by atoms with Gasteiger partial charge in [-0.15, -0.1) is 10.2 Å². The Morgan fingerprint density at radius 1 is 1.33 bits per heavy atom. The standard InChI is InChI=1S/C11H13N5OS/c1-8-2-3-16-9(13-14-11(16)12-8)10(17)15-4-6-18-7-5-15/h2-3H,4-7H2,1H3. The molecule has 0 bridgehead atoms. The molecule has 7 heteroatoms. The minimum atomic E-state index is -0.0616. The maximum atomic E-state index is 12.3. The second-order valence-corrected chi connectivity index (χ2v) is 5.39. The van der Waals surface area contributed by atoms with E-state index in [0.29, 0.717) is 11.6 Å². The van der Waals surface area contributed by atoms with Crippen LogP contribution < -0.4 is 0 Å². The first-order chi connectivity index (χ1) is 8.75. The molecule has 0 radical (unpaired) electrons. The van der Waals surface area contributed by atoms with Crippen LogP contribution >= 0.6 is 11.8 Å². The lowest BCUT2D eigenvalue weighted by Crippen LogP contribution is -2.38. The lowest BCUT2D eigenvalue weighted by atomic mass is 10.4. The third kappa shape index (κ3) is 1.94. The fourth-order valence-electron chi connectivity index (χ4n) is 1.93. The molecule has 0 unspecified atom stereocenters. The van der Waals surface area contributed by atoms with Crippen LogP contribution in [0.25, 0.3) is 5.78 Å². The van der Waals surface area contributed by atoms with Gasteiger partial charge in [0.25, 0.3) is 11.7 Å². The normalized spacial score (nSPS) is 16.2. The lowest BCUT2D eigenvalue weighted by molar-refractivity contribution is 0.0758. The van der Waals surface area contributed by atoms with E-state index in [2.05, 4.69) is 15.2 Å². The Labute approximate surface area is 108 Å². The fourth-order valence-corrected chi connectivity index (χ4v) is 2.83. The summed E-state index contributed by atoms with van der Waals surface area (Å²) in [7, 11) is 0. The molecule has 0 atom stereocenters. The SMILES string of the molecule is Cc1ccn2c(C(=O)N3CCSCC3)nnc2n1. The van der Waals surface area contributed by atoms with Crippen molar-refractivity contribution in [3.8, 4) is 0 Å². The van der Waals surface area contributed by atoms with E-state index < -0.39 is 0 Å². The molecule has 2 aromatic heterocycles. The summed E-state index contributed by atoms with van der Waals surface area (Å²) >= 11 is 1.87. The third-order valence-corrected chi connectivity index (χ3v) is 3.85. The molecule has 1 aliphatic rings. The van der Waals surface area contributed by atoms with Gasteiger partial charge in [0.1, 0.15) is 0 Å². The number of hydrogen-bond acceptors (Lipinski definition) is 5. The Morgan fingerprint density at radius 3 is 2.89 bits per heavy atom. The van der Waals surface area contributed by atoms with Gasteiger partial charge >= 0.3 is 0 Å². The molecule has 0 aliphatic carbocycles. The number of hydrogen-bond donors (Lipinski definition) is 0. The molecule has 1 aliphatic heterocycles. The van der Waals surface area contributed by atoms with Gasteiger partial charge in [-0.05, 0) is 13.0 Å². The predicted octanol–water partition coefficient (Wildman–Crippen LogP) is 0.622. The molecule has 0 spiro atoms. The molecule has 3 rings (SSSR count). The maximum Gasteiger partial charge on any atom is 0.292 e. The Bertz CT molecular complexity index is 590. The summed E-state index contributed by atoms with van der Waals surface area (Å²) in [5, 5.41) is 7.91. The second kappa shape index (κ2) is 4.56. The molecule has 0 saturated carbocycles. The van der Waals surface area contributed by atoms with E-state index in [9.17, 15) is 4.79 Å². The first-order valence-corrected chi connectivity index (χ1v) is 6.96. The van der Waals surface area contributed by atoms with Crippen molar-refractivity contribution in [3.63, 3.8) is 0 Å². The first-order valence-electron chi connectivity index (χ1n) is 5.81. The quantitative estimate of drug-likeness (QED) is 0.755. The van der Waals surface area contributed by atoms with Crippen LogP contribution in [0.2, 0.25) is 0 Å². The van der Waals surface area contributed by atoms with Gasteiger partial charge in [0.05, 0.1) is 0 Å². The van der Waals surface area contributed by atoms with Crippen LogP contribution in [-0.2, 0) is 0 Å².